The Hall–Kier alpha value is -0.920. The Kier molecular flexibility index (Phi) is 6.83. The summed E-state index contributed by atoms with van der Waals surface area (Å²) in [7, 11) is -1.83. The van der Waals surface area contributed by atoms with Crippen molar-refractivity contribution in [1.82, 2.24) is 14.1 Å². The van der Waals surface area contributed by atoms with Crippen molar-refractivity contribution >= 4 is 10.0 Å². The molecule has 0 saturated carbocycles. The molecule has 7 heteroatoms. The summed E-state index contributed by atoms with van der Waals surface area (Å²) in [5.74, 6) is 0. The molecule has 1 aromatic heterocycles. The molecule has 1 heterocycles. The second-order valence-corrected chi connectivity index (χ2v) is 7.38. The van der Waals surface area contributed by atoms with E-state index in [1.165, 1.54) is 4.31 Å². The zero-order valence-corrected chi connectivity index (χ0v) is 14.4. The third-order valence-electron chi connectivity index (χ3n) is 3.63. The summed E-state index contributed by atoms with van der Waals surface area (Å²) < 4.78 is 28.6. The number of sulfonamides is 1. The maximum Gasteiger partial charge on any atom is 0.246 e. The molecule has 122 valence electrons. The van der Waals surface area contributed by atoms with E-state index in [1.54, 1.807) is 18.7 Å². The summed E-state index contributed by atoms with van der Waals surface area (Å²) in [6.45, 7) is 7.42. The number of hydrogen-bond acceptors (Lipinski definition) is 4. The van der Waals surface area contributed by atoms with Crippen molar-refractivity contribution in [2.45, 2.75) is 57.9 Å². The van der Waals surface area contributed by atoms with E-state index in [0.717, 1.165) is 25.7 Å². The number of aromatic nitrogens is 2. The highest BCUT2D eigenvalue weighted by molar-refractivity contribution is 7.89. The van der Waals surface area contributed by atoms with Crippen molar-refractivity contribution in [3.8, 4) is 0 Å². The van der Waals surface area contributed by atoms with Gasteiger partial charge in [-0.3, -0.25) is 4.68 Å². The molecule has 0 fully saturated rings. The molecular weight excluding hydrogens is 288 g/mol. The van der Waals surface area contributed by atoms with E-state index in [4.69, 9.17) is 5.73 Å². The molecule has 0 aliphatic rings. The maximum atomic E-state index is 12.7. The molecular formula is C14H28N4O2S. The van der Waals surface area contributed by atoms with Gasteiger partial charge >= 0.3 is 0 Å². The highest BCUT2D eigenvalue weighted by Gasteiger charge is 2.28. The number of hydrogen-bond donors (Lipinski definition) is 1. The number of nitrogens with zero attached hydrogens (tertiary/aromatic N) is 3. The third-order valence-corrected chi connectivity index (χ3v) is 5.74. The van der Waals surface area contributed by atoms with E-state index in [9.17, 15) is 8.42 Å². The maximum absolute atomic E-state index is 12.7. The molecule has 0 aliphatic heterocycles. The van der Waals surface area contributed by atoms with Crippen molar-refractivity contribution in [3.63, 3.8) is 0 Å². The molecule has 0 unspecified atom stereocenters. The van der Waals surface area contributed by atoms with Gasteiger partial charge in [0.2, 0.25) is 10.0 Å². The standard InChI is InChI=1S/C14H28N4O2S/c1-5-6-7-10-17(4)21(19,20)14-12(2)16-18(13(14)3)11-8-9-15/h5-11,15H2,1-4H3. The van der Waals surface area contributed by atoms with Gasteiger partial charge in [-0.05, 0) is 33.2 Å². The first-order valence-corrected chi connectivity index (χ1v) is 9.00. The third kappa shape index (κ3) is 4.28. The van der Waals surface area contributed by atoms with Crippen molar-refractivity contribution in [3.05, 3.63) is 11.4 Å². The fourth-order valence-corrected chi connectivity index (χ4v) is 3.95. The number of rotatable bonds is 9. The quantitative estimate of drug-likeness (QED) is 0.703. The lowest BCUT2D eigenvalue weighted by molar-refractivity contribution is 0.453. The van der Waals surface area contributed by atoms with Crippen LogP contribution in [0.1, 0.15) is 44.0 Å². The second kappa shape index (κ2) is 7.91. The lowest BCUT2D eigenvalue weighted by atomic mass is 10.2. The minimum absolute atomic E-state index is 0.346. The normalized spacial score (nSPS) is 12.3. The molecule has 2 N–H and O–H groups in total. The topological polar surface area (TPSA) is 81.2 Å². The Bertz CT molecular complexity index is 552. The van der Waals surface area contributed by atoms with Gasteiger partial charge in [0.15, 0.2) is 0 Å². The smallest absolute Gasteiger partial charge is 0.246 e. The van der Waals surface area contributed by atoms with Crippen LogP contribution in [0.3, 0.4) is 0 Å². The fraction of sp³-hybridized carbons (Fsp3) is 0.786. The van der Waals surface area contributed by atoms with Crippen LogP contribution in [0.25, 0.3) is 0 Å². The van der Waals surface area contributed by atoms with Gasteiger partial charge in [-0.15, -0.1) is 0 Å². The van der Waals surface area contributed by atoms with Crippen LogP contribution in [0, 0.1) is 13.8 Å². The second-order valence-electron chi connectivity index (χ2n) is 5.40. The molecule has 1 aromatic rings. The van der Waals surface area contributed by atoms with Crippen LogP contribution in [0.2, 0.25) is 0 Å². The summed E-state index contributed by atoms with van der Waals surface area (Å²) in [5.41, 5.74) is 6.77. The fourth-order valence-electron chi connectivity index (χ4n) is 2.37. The summed E-state index contributed by atoms with van der Waals surface area (Å²) in [6, 6.07) is 0. The van der Waals surface area contributed by atoms with Crippen LogP contribution in [0.4, 0.5) is 0 Å². The van der Waals surface area contributed by atoms with Gasteiger partial charge in [0.25, 0.3) is 0 Å². The first-order chi connectivity index (χ1) is 9.86. The molecule has 0 atom stereocenters. The van der Waals surface area contributed by atoms with Gasteiger partial charge in [0, 0.05) is 20.1 Å². The van der Waals surface area contributed by atoms with Crippen LogP contribution >= 0.6 is 0 Å². The molecule has 0 bridgehead atoms. The molecule has 0 aliphatic carbocycles. The van der Waals surface area contributed by atoms with Crippen molar-refractivity contribution in [2.75, 3.05) is 20.1 Å². The predicted molar refractivity (Wildman–Crippen MR) is 84.7 cm³/mol. The average Bonchev–Trinajstić information content (AvgIpc) is 2.71. The van der Waals surface area contributed by atoms with Crippen LogP contribution in [0.15, 0.2) is 4.90 Å². The zero-order valence-electron chi connectivity index (χ0n) is 13.6. The van der Waals surface area contributed by atoms with Gasteiger partial charge in [0.1, 0.15) is 4.90 Å². The van der Waals surface area contributed by atoms with Crippen LogP contribution in [-0.2, 0) is 16.6 Å². The lowest BCUT2D eigenvalue weighted by Gasteiger charge is -2.17. The average molecular weight is 316 g/mol. The first kappa shape index (κ1) is 18.1. The van der Waals surface area contributed by atoms with Gasteiger partial charge in [0.05, 0.1) is 11.4 Å². The number of unbranched alkanes of at least 4 members (excludes halogenated alkanes) is 2. The summed E-state index contributed by atoms with van der Waals surface area (Å²) >= 11 is 0. The minimum atomic E-state index is -3.47. The van der Waals surface area contributed by atoms with Crippen LogP contribution in [-0.4, -0.2) is 42.6 Å². The van der Waals surface area contributed by atoms with E-state index < -0.39 is 10.0 Å². The first-order valence-electron chi connectivity index (χ1n) is 7.56. The Morgan fingerprint density at radius 1 is 1.24 bits per heavy atom. The molecule has 6 nitrogen and oxygen atoms in total. The lowest BCUT2D eigenvalue weighted by Crippen LogP contribution is -2.28. The van der Waals surface area contributed by atoms with E-state index in [1.807, 2.05) is 6.92 Å². The van der Waals surface area contributed by atoms with Crippen molar-refractivity contribution < 1.29 is 8.42 Å². The number of aryl methyl sites for hydroxylation is 2. The molecule has 0 radical (unpaired) electrons. The summed E-state index contributed by atoms with van der Waals surface area (Å²) in [5, 5.41) is 4.35. The van der Waals surface area contributed by atoms with Crippen LogP contribution < -0.4 is 5.73 Å². The summed E-state index contributed by atoms with van der Waals surface area (Å²) in [6.07, 6.45) is 3.77. The molecule has 0 aromatic carbocycles. The molecule has 0 spiro atoms. The largest absolute Gasteiger partial charge is 0.330 e. The minimum Gasteiger partial charge on any atom is -0.330 e. The molecule has 21 heavy (non-hydrogen) atoms. The molecule has 0 amide bonds. The predicted octanol–water partition coefficient (Wildman–Crippen LogP) is 1.66. The van der Waals surface area contributed by atoms with Crippen molar-refractivity contribution in [1.29, 1.82) is 0 Å². The van der Waals surface area contributed by atoms with Gasteiger partial charge < -0.3 is 5.73 Å². The SMILES string of the molecule is CCCCCN(C)S(=O)(=O)c1c(C)nn(CCCN)c1C. The number of nitrogens with two attached hydrogens (primary N) is 1. The Morgan fingerprint density at radius 2 is 1.90 bits per heavy atom. The highest BCUT2D eigenvalue weighted by Crippen LogP contribution is 2.23. The van der Waals surface area contributed by atoms with Gasteiger partial charge in [-0.25, -0.2) is 12.7 Å². The highest BCUT2D eigenvalue weighted by atomic mass is 32.2. The van der Waals surface area contributed by atoms with E-state index in [-0.39, 0.29) is 0 Å². The van der Waals surface area contributed by atoms with Crippen LogP contribution in [0.5, 0.6) is 0 Å². The van der Waals surface area contributed by atoms with E-state index in [0.29, 0.717) is 35.9 Å². The molecule has 0 saturated heterocycles. The van der Waals surface area contributed by atoms with Crippen molar-refractivity contribution in [2.24, 2.45) is 5.73 Å². The Morgan fingerprint density at radius 3 is 2.48 bits per heavy atom. The van der Waals surface area contributed by atoms with E-state index >= 15 is 0 Å². The summed E-state index contributed by atoms with van der Waals surface area (Å²) in [4.78, 5) is 0.346. The van der Waals surface area contributed by atoms with Gasteiger partial charge in [-0.2, -0.15) is 5.10 Å². The monoisotopic (exact) mass is 316 g/mol. The van der Waals surface area contributed by atoms with Gasteiger partial charge in [-0.1, -0.05) is 19.8 Å². The van der Waals surface area contributed by atoms with E-state index in [2.05, 4.69) is 12.0 Å². The molecule has 1 rings (SSSR count). The Balaban J connectivity index is 2.99. The Labute approximate surface area is 128 Å². The zero-order chi connectivity index (χ0) is 16.0.